The summed E-state index contributed by atoms with van der Waals surface area (Å²) >= 11 is 1.10. The van der Waals surface area contributed by atoms with Gasteiger partial charge in [-0.15, -0.1) is 0 Å². The monoisotopic (exact) mass is 380 g/mol. The standard InChI is InChI=1S/C17H15F3N4OS/c18-17(19,20)14-11(15(25)22-10-5-1-2-6-10)9-21-24(14)16-23-12-7-3-4-8-13(12)26-16/h3-4,7-10H,1-2,5-6H2,(H,22,25). The van der Waals surface area contributed by atoms with Gasteiger partial charge in [0.1, 0.15) is 0 Å². The summed E-state index contributed by atoms with van der Waals surface area (Å²) in [6.45, 7) is 0. The lowest BCUT2D eigenvalue weighted by molar-refractivity contribution is -0.143. The molecule has 3 aromatic rings. The Morgan fingerprint density at radius 3 is 2.65 bits per heavy atom. The van der Waals surface area contributed by atoms with Crippen LogP contribution in [0.1, 0.15) is 41.7 Å². The molecule has 1 aliphatic carbocycles. The number of para-hydroxylation sites is 1. The van der Waals surface area contributed by atoms with E-state index in [1.54, 1.807) is 24.3 Å². The summed E-state index contributed by atoms with van der Waals surface area (Å²) in [5, 5.41) is 6.60. The minimum absolute atomic E-state index is 0.0746. The van der Waals surface area contributed by atoms with Crippen LogP contribution in [0.4, 0.5) is 13.2 Å². The molecule has 1 saturated carbocycles. The highest BCUT2D eigenvalue weighted by atomic mass is 32.1. The van der Waals surface area contributed by atoms with Crippen molar-refractivity contribution in [1.82, 2.24) is 20.1 Å². The summed E-state index contributed by atoms with van der Waals surface area (Å²) in [5.74, 6) is -0.739. The second-order valence-corrected chi connectivity index (χ2v) is 7.24. The molecule has 5 nitrogen and oxygen atoms in total. The van der Waals surface area contributed by atoms with Crippen LogP contribution in [0.3, 0.4) is 0 Å². The van der Waals surface area contributed by atoms with Crippen LogP contribution in [0.25, 0.3) is 15.3 Å². The van der Waals surface area contributed by atoms with Gasteiger partial charge in [-0.2, -0.15) is 18.3 Å². The van der Waals surface area contributed by atoms with Crippen molar-refractivity contribution in [2.24, 2.45) is 0 Å². The number of rotatable bonds is 3. The quantitative estimate of drug-likeness (QED) is 0.742. The first-order valence-electron chi connectivity index (χ1n) is 8.25. The van der Waals surface area contributed by atoms with Gasteiger partial charge in [0.2, 0.25) is 5.13 Å². The number of carbonyl (C=O) groups is 1. The topological polar surface area (TPSA) is 59.8 Å². The lowest BCUT2D eigenvalue weighted by atomic mass is 10.2. The molecule has 26 heavy (non-hydrogen) atoms. The van der Waals surface area contributed by atoms with Crippen LogP contribution >= 0.6 is 11.3 Å². The van der Waals surface area contributed by atoms with Gasteiger partial charge < -0.3 is 5.32 Å². The van der Waals surface area contributed by atoms with Gasteiger partial charge in [-0.05, 0) is 25.0 Å². The highest BCUT2D eigenvalue weighted by Crippen LogP contribution is 2.35. The lowest BCUT2D eigenvalue weighted by Gasteiger charge is -2.14. The molecular weight excluding hydrogens is 365 g/mol. The molecule has 1 amide bonds. The van der Waals surface area contributed by atoms with Crippen LogP contribution in [0.15, 0.2) is 30.5 Å². The largest absolute Gasteiger partial charge is 0.434 e. The first-order valence-corrected chi connectivity index (χ1v) is 9.07. The summed E-state index contributed by atoms with van der Waals surface area (Å²) in [5.41, 5.74) is -0.969. The molecule has 1 fully saturated rings. The van der Waals surface area contributed by atoms with Crippen LogP contribution in [0, 0.1) is 0 Å². The van der Waals surface area contributed by atoms with E-state index in [0.717, 1.165) is 47.9 Å². The molecule has 1 N–H and O–H groups in total. The first kappa shape index (κ1) is 17.0. The first-order chi connectivity index (χ1) is 12.4. The smallest absolute Gasteiger partial charge is 0.349 e. The van der Waals surface area contributed by atoms with Gasteiger partial charge in [-0.3, -0.25) is 4.79 Å². The van der Waals surface area contributed by atoms with E-state index >= 15 is 0 Å². The fourth-order valence-electron chi connectivity index (χ4n) is 3.22. The number of hydrogen-bond acceptors (Lipinski definition) is 4. The number of nitrogens with one attached hydrogen (secondary N) is 1. The van der Waals surface area contributed by atoms with E-state index in [1.807, 2.05) is 0 Å². The fourth-order valence-corrected chi connectivity index (χ4v) is 4.15. The van der Waals surface area contributed by atoms with Gasteiger partial charge in [0, 0.05) is 6.04 Å². The molecular formula is C17H15F3N4OS. The Kier molecular flexibility index (Phi) is 4.18. The maximum absolute atomic E-state index is 13.7. The molecule has 0 spiro atoms. The van der Waals surface area contributed by atoms with Crippen molar-refractivity contribution in [3.05, 3.63) is 41.7 Å². The van der Waals surface area contributed by atoms with Crippen molar-refractivity contribution < 1.29 is 18.0 Å². The van der Waals surface area contributed by atoms with E-state index in [1.165, 1.54) is 0 Å². The van der Waals surface area contributed by atoms with Crippen molar-refractivity contribution in [2.75, 3.05) is 0 Å². The van der Waals surface area contributed by atoms with Gasteiger partial charge in [0.15, 0.2) is 5.69 Å². The SMILES string of the molecule is O=C(NC1CCCC1)c1cnn(-c2nc3ccccc3s2)c1C(F)(F)F. The van der Waals surface area contributed by atoms with Crippen molar-refractivity contribution in [3.8, 4) is 5.13 Å². The maximum atomic E-state index is 13.7. The number of aromatic nitrogens is 3. The Labute approximate surface area is 150 Å². The average Bonchev–Trinajstić information content (AvgIpc) is 3.32. The summed E-state index contributed by atoms with van der Waals surface area (Å²) in [7, 11) is 0. The third-order valence-corrected chi connectivity index (χ3v) is 5.45. The Bertz CT molecular complexity index is 923. The summed E-state index contributed by atoms with van der Waals surface area (Å²) in [6.07, 6.45) is -0.224. The second-order valence-electron chi connectivity index (χ2n) is 6.24. The zero-order chi connectivity index (χ0) is 18.3. The van der Waals surface area contributed by atoms with Crippen molar-refractivity contribution >= 4 is 27.5 Å². The van der Waals surface area contributed by atoms with E-state index in [0.29, 0.717) is 10.2 Å². The number of hydrogen-bond donors (Lipinski definition) is 1. The fraction of sp³-hybridized carbons (Fsp3) is 0.353. The minimum Gasteiger partial charge on any atom is -0.349 e. The average molecular weight is 380 g/mol. The molecule has 0 aliphatic heterocycles. The molecule has 4 rings (SSSR count). The third-order valence-electron chi connectivity index (χ3n) is 4.44. The highest BCUT2D eigenvalue weighted by Gasteiger charge is 2.41. The van der Waals surface area contributed by atoms with Gasteiger partial charge in [-0.25, -0.2) is 9.67 Å². The number of thiazole rings is 1. The summed E-state index contributed by atoms with van der Waals surface area (Å²) < 4.78 is 42.5. The normalized spacial score (nSPS) is 15.7. The van der Waals surface area contributed by atoms with E-state index in [-0.39, 0.29) is 11.2 Å². The number of carbonyl (C=O) groups excluding carboxylic acids is 1. The third kappa shape index (κ3) is 3.07. The number of alkyl halides is 3. The molecule has 0 unspecified atom stereocenters. The molecule has 1 aromatic carbocycles. The highest BCUT2D eigenvalue weighted by molar-refractivity contribution is 7.20. The Morgan fingerprint density at radius 1 is 1.23 bits per heavy atom. The molecule has 2 heterocycles. The molecule has 0 atom stereocenters. The van der Waals surface area contributed by atoms with Crippen LogP contribution in [0.5, 0.6) is 0 Å². The maximum Gasteiger partial charge on any atom is 0.434 e. The van der Waals surface area contributed by atoms with E-state index in [2.05, 4.69) is 15.4 Å². The number of halogens is 3. The van der Waals surface area contributed by atoms with Crippen LogP contribution < -0.4 is 5.32 Å². The van der Waals surface area contributed by atoms with E-state index in [4.69, 9.17) is 0 Å². The Balaban J connectivity index is 1.75. The minimum atomic E-state index is -4.73. The molecule has 0 bridgehead atoms. The number of benzene rings is 1. The van der Waals surface area contributed by atoms with E-state index < -0.39 is 23.3 Å². The van der Waals surface area contributed by atoms with Crippen LogP contribution in [0.2, 0.25) is 0 Å². The molecule has 136 valence electrons. The van der Waals surface area contributed by atoms with Crippen molar-refractivity contribution in [2.45, 2.75) is 37.9 Å². The number of fused-ring (bicyclic) bond motifs is 1. The van der Waals surface area contributed by atoms with Gasteiger partial charge in [-0.1, -0.05) is 36.3 Å². The predicted octanol–water partition coefficient (Wildman–Crippen LogP) is 4.17. The molecule has 2 aromatic heterocycles. The zero-order valence-corrected chi connectivity index (χ0v) is 14.4. The lowest BCUT2D eigenvalue weighted by Crippen LogP contribution is -2.34. The molecule has 9 heteroatoms. The van der Waals surface area contributed by atoms with Crippen LogP contribution in [-0.4, -0.2) is 26.7 Å². The second kappa shape index (κ2) is 6.39. The zero-order valence-electron chi connectivity index (χ0n) is 13.6. The van der Waals surface area contributed by atoms with E-state index in [9.17, 15) is 18.0 Å². The van der Waals surface area contributed by atoms with Gasteiger partial charge in [0.25, 0.3) is 5.91 Å². The molecule has 0 saturated heterocycles. The van der Waals surface area contributed by atoms with Gasteiger partial charge >= 0.3 is 6.18 Å². The Morgan fingerprint density at radius 2 is 1.96 bits per heavy atom. The predicted molar refractivity (Wildman–Crippen MR) is 91.5 cm³/mol. The van der Waals surface area contributed by atoms with Gasteiger partial charge in [0.05, 0.1) is 22.0 Å². The van der Waals surface area contributed by atoms with Crippen LogP contribution in [-0.2, 0) is 6.18 Å². The molecule has 0 radical (unpaired) electrons. The molecule has 1 aliphatic rings. The number of nitrogens with zero attached hydrogens (tertiary/aromatic N) is 3. The van der Waals surface area contributed by atoms with Crippen molar-refractivity contribution in [3.63, 3.8) is 0 Å². The van der Waals surface area contributed by atoms with Crippen molar-refractivity contribution in [1.29, 1.82) is 0 Å². The Hall–Kier alpha value is -2.42. The number of amides is 1. The summed E-state index contributed by atoms with van der Waals surface area (Å²) in [4.78, 5) is 16.6. The summed E-state index contributed by atoms with van der Waals surface area (Å²) in [6, 6.07) is 6.98.